The maximum atomic E-state index is 12.1. The first kappa shape index (κ1) is 18.5. The highest BCUT2D eigenvalue weighted by Crippen LogP contribution is 2.30. The molecule has 1 amide bonds. The lowest BCUT2D eigenvalue weighted by Crippen LogP contribution is -2.38. The summed E-state index contributed by atoms with van der Waals surface area (Å²) in [4.78, 5) is 17.8. The van der Waals surface area contributed by atoms with Crippen LogP contribution in [0.2, 0.25) is 0 Å². The van der Waals surface area contributed by atoms with Crippen LogP contribution in [-0.4, -0.2) is 22.7 Å². The zero-order valence-corrected chi connectivity index (χ0v) is 16.8. The molecule has 1 aliphatic carbocycles. The van der Waals surface area contributed by atoms with Crippen molar-refractivity contribution in [1.29, 1.82) is 0 Å². The topological polar surface area (TPSA) is 55.1 Å². The van der Waals surface area contributed by atoms with Crippen LogP contribution in [0.4, 0.5) is 0 Å². The van der Waals surface area contributed by atoms with E-state index in [1.54, 1.807) is 23.1 Å². The number of amides is 1. The molecule has 0 bridgehead atoms. The molecule has 0 aromatic carbocycles. The van der Waals surface area contributed by atoms with Gasteiger partial charge in [0.1, 0.15) is 5.76 Å². The van der Waals surface area contributed by atoms with E-state index in [0.29, 0.717) is 23.4 Å². The molecule has 4 nitrogen and oxygen atoms in total. The minimum atomic E-state index is 0.139. The SMILES string of the molecule is Cc1ccsc1-c1nc(CSCC(=O)NC2CCC(C)CC2)c(C)o1. The minimum Gasteiger partial charge on any atom is -0.440 e. The fourth-order valence-electron chi connectivity index (χ4n) is 3.17. The Balaban J connectivity index is 1.47. The van der Waals surface area contributed by atoms with Crippen LogP contribution in [0, 0.1) is 19.8 Å². The number of oxazole rings is 1. The number of carbonyl (C=O) groups excluding carboxylic acids is 1. The van der Waals surface area contributed by atoms with Crippen LogP contribution >= 0.6 is 23.1 Å². The Morgan fingerprint density at radius 1 is 1.36 bits per heavy atom. The Labute approximate surface area is 157 Å². The quantitative estimate of drug-likeness (QED) is 0.773. The van der Waals surface area contributed by atoms with Gasteiger partial charge in [0.05, 0.1) is 16.3 Å². The summed E-state index contributed by atoms with van der Waals surface area (Å²) in [5, 5.41) is 5.22. The van der Waals surface area contributed by atoms with Gasteiger partial charge in [0.2, 0.25) is 11.8 Å². The lowest BCUT2D eigenvalue weighted by atomic mass is 9.87. The number of carbonyl (C=O) groups is 1. The summed E-state index contributed by atoms with van der Waals surface area (Å²) in [5.41, 5.74) is 2.12. The van der Waals surface area contributed by atoms with E-state index in [-0.39, 0.29) is 5.91 Å². The average molecular weight is 379 g/mol. The van der Waals surface area contributed by atoms with Gasteiger partial charge in [-0.25, -0.2) is 4.98 Å². The normalized spacial score (nSPS) is 20.6. The largest absolute Gasteiger partial charge is 0.440 e. The molecule has 0 atom stereocenters. The van der Waals surface area contributed by atoms with Gasteiger partial charge in [-0.2, -0.15) is 0 Å². The molecule has 1 saturated carbocycles. The third-order valence-electron chi connectivity index (χ3n) is 4.80. The lowest BCUT2D eigenvalue weighted by molar-refractivity contribution is -0.119. The number of thioether (sulfide) groups is 1. The molecule has 0 unspecified atom stereocenters. The number of nitrogens with zero attached hydrogens (tertiary/aromatic N) is 1. The highest BCUT2D eigenvalue weighted by atomic mass is 32.2. The van der Waals surface area contributed by atoms with E-state index in [9.17, 15) is 4.79 Å². The van der Waals surface area contributed by atoms with Crippen LogP contribution in [0.1, 0.15) is 49.6 Å². The summed E-state index contributed by atoms with van der Waals surface area (Å²) >= 11 is 3.25. The zero-order valence-electron chi connectivity index (χ0n) is 15.1. The van der Waals surface area contributed by atoms with E-state index in [0.717, 1.165) is 35.1 Å². The van der Waals surface area contributed by atoms with Crippen LogP contribution in [0.3, 0.4) is 0 Å². The van der Waals surface area contributed by atoms with Gasteiger partial charge in [-0.05, 0) is 62.5 Å². The molecule has 2 heterocycles. The Morgan fingerprint density at radius 3 is 2.80 bits per heavy atom. The molecule has 6 heteroatoms. The monoisotopic (exact) mass is 378 g/mol. The molecule has 1 N–H and O–H groups in total. The Kier molecular flexibility index (Phi) is 6.23. The van der Waals surface area contributed by atoms with Gasteiger partial charge in [-0.15, -0.1) is 23.1 Å². The van der Waals surface area contributed by atoms with E-state index in [4.69, 9.17) is 4.42 Å². The summed E-state index contributed by atoms with van der Waals surface area (Å²) in [6.07, 6.45) is 4.68. The van der Waals surface area contributed by atoms with Crippen molar-refractivity contribution in [3.63, 3.8) is 0 Å². The molecule has 0 spiro atoms. The molecule has 2 aromatic rings. The maximum Gasteiger partial charge on any atom is 0.237 e. The number of hydrogen-bond acceptors (Lipinski definition) is 5. The van der Waals surface area contributed by atoms with Gasteiger partial charge in [0.15, 0.2) is 0 Å². The second kappa shape index (κ2) is 8.41. The summed E-state index contributed by atoms with van der Waals surface area (Å²) in [6.45, 7) is 6.30. The summed E-state index contributed by atoms with van der Waals surface area (Å²) in [6, 6.07) is 2.44. The molecule has 0 saturated heterocycles. The molecule has 3 rings (SSSR count). The van der Waals surface area contributed by atoms with Gasteiger partial charge >= 0.3 is 0 Å². The average Bonchev–Trinajstić information content (AvgIpc) is 3.15. The van der Waals surface area contributed by atoms with Gasteiger partial charge in [0.25, 0.3) is 0 Å². The van der Waals surface area contributed by atoms with Crippen LogP contribution in [0.5, 0.6) is 0 Å². The lowest BCUT2D eigenvalue weighted by Gasteiger charge is -2.26. The van der Waals surface area contributed by atoms with E-state index in [1.807, 2.05) is 6.92 Å². The van der Waals surface area contributed by atoms with Crippen molar-refractivity contribution in [3.05, 3.63) is 28.5 Å². The van der Waals surface area contributed by atoms with E-state index >= 15 is 0 Å². The van der Waals surface area contributed by atoms with Crippen molar-refractivity contribution >= 4 is 29.0 Å². The third-order valence-corrected chi connectivity index (χ3v) is 6.75. The maximum absolute atomic E-state index is 12.1. The number of thiophene rings is 1. The van der Waals surface area contributed by atoms with E-state index in [1.165, 1.54) is 18.4 Å². The number of hydrogen-bond donors (Lipinski definition) is 1. The van der Waals surface area contributed by atoms with Gasteiger partial charge in [-0.1, -0.05) is 6.92 Å². The molecule has 136 valence electrons. The van der Waals surface area contributed by atoms with E-state index in [2.05, 4.69) is 35.6 Å². The van der Waals surface area contributed by atoms with Gasteiger partial charge in [0, 0.05) is 11.8 Å². The van der Waals surface area contributed by atoms with Crippen molar-refractivity contribution in [1.82, 2.24) is 10.3 Å². The molecule has 25 heavy (non-hydrogen) atoms. The van der Waals surface area contributed by atoms with Crippen LogP contribution in [-0.2, 0) is 10.5 Å². The third kappa shape index (κ3) is 4.88. The smallest absolute Gasteiger partial charge is 0.237 e. The van der Waals surface area contributed by atoms with Gasteiger partial charge in [-0.3, -0.25) is 4.79 Å². The number of rotatable bonds is 6. The Hall–Kier alpha value is -1.27. The second-order valence-corrected chi connectivity index (χ2v) is 8.87. The number of aromatic nitrogens is 1. The molecule has 1 fully saturated rings. The van der Waals surface area contributed by atoms with Crippen LogP contribution < -0.4 is 5.32 Å². The molecular formula is C19H26N2O2S2. The first-order valence-electron chi connectivity index (χ1n) is 8.90. The van der Waals surface area contributed by atoms with Crippen molar-refractivity contribution in [2.45, 2.75) is 58.2 Å². The standard InChI is InChI=1S/C19H26N2O2S2/c1-12-4-6-15(7-5-12)20-17(22)11-24-10-16-14(3)23-19(21-16)18-13(2)8-9-25-18/h8-9,12,15H,4-7,10-11H2,1-3H3,(H,20,22). The highest BCUT2D eigenvalue weighted by molar-refractivity contribution is 7.99. The van der Waals surface area contributed by atoms with Crippen molar-refractivity contribution in [2.75, 3.05) is 5.75 Å². The number of aryl methyl sites for hydroxylation is 2. The number of nitrogens with one attached hydrogen (secondary N) is 1. The fourth-order valence-corrected chi connectivity index (χ4v) is 4.85. The van der Waals surface area contributed by atoms with Crippen LogP contribution in [0.15, 0.2) is 15.9 Å². The molecule has 2 aromatic heterocycles. The minimum absolute atomic E-state index is 0.139. The summed E-state index contributed by atoms with van der Waals surface area (Å²) in [5.74, 6) is 3.66. The molecule has 0 aliphatic heterocycles. The van der Waals surface area contributed by atoms with Crippen molar-refractivity contribution in [3.8, 4) is 10.8 Å². The van der Waals surface area contributed by atoms with Crippen LogP contribution in [0.25, 0.3) is 10.8 Å². The molecule has 1 aliphatic rings. The first-order valence-corrected chi connectivity index (χ1v) is 10.9. The first-order chi connectivity index (χ1) is 12.0. The summed E-state index contributed by atoms with van der Waals surface area (Å²) < 4.78 is 5.81. The van der Waals surface area contributed by atoms with E-state index < -0.39 is 0 Å². The zero-order chi connectivity index (χ0) is 17.8. The Bertz CT molecular complexity index is 715. The fraction of sp³-hybridized carbons (Fsp3) is 0.579. The predicted octanol–water partition coefficient (Wildman–Crippen LogP) is 4.95. The molecular weight excluding hydrogens is 352 g/mol. The highest BCUT2D eigenvalue weighted by Gasteiger charge is 2.20. The van der Waals surface area contributed by atoms with Gasteiger partial charge < -0.3 is 9.73 Å². The molecule has 0 radical (unpaired) electrons. The Morgan fingerprint density at radius 2 is 2.12 bits per heavy atom. The van der Waals surface area contributed by atoms with Crippen molar-refractivity contribution in [2.24, 2.45) is 5.92 Å². The second-order valence-electron chi connectivity index (χ2n) is 6.97. The predicted molar refractivity (Wildman–Crippen MR) is 105 cm³/mol. The van der Waals surface area contributed by atoms with Crippen molar-refractivity contribution < 1.29 is 9.21 Å². The summed E-state index contributed by atoms with van der Waals surface area (Å²) in [7, 11) is 0.